The quantitative estimate of drug-likeness (QED) is 0.715. The third kappa shape index (κ3) is 3.89. The molecule has 2 atom stereocenters. The van der Waals surface area contributed by atoms with Gasteiger partial charge in [-0.2, -0.15) is 0 Å². The van der Waals surface area contributed by atoms with Gasteiger partial charge < -0.3 is 14.6 Å². The van der Waals surface area contributed by atoms with Crippen LogP contribution in [0.5, 0.6) is 0 Å². The normalized spacial score (nSPS) is 32.8. The number of hydrogen-bond acceptors (Lipinski definition) is 5. The second-order valence-corrected chi connectivity index (χ2v) is 4.94. The van der Waals surface area contributed by atoms with Crippen LogP contribution in [0.4, 0.5) is 0 Å². The number of aliphatic hydroxyl groups excluding tert-OH is 1. The van der Waals surface area contributed by atoms with Gasteiger partial charge in [0.1, 0.15) is 0 Å². The van der Waals surface area contributed by atoms with Crippen molar-refractivity contribution in [1.29, 1.82) is 0 Å². The van der Waals surface area contributed by atoms with Gasteiger partial charge in [0, 0.05) is 38.8 Å². The first-order valence-corrected chi connectivity index (χ1v) is 6.56. The molecule has 2 aliphatic rings. The van der Waals surface area contributed by atoms with Crippen molar-refractivity contribution in [1.82, 2.24) is 9.80 Å². The molecular weight excluding hydrogens is 220 g/mol. The molecule has 0 amide bonds. The van der Waals surface area contributed by atoms with Gasteiger partial charge in [-0.3, -0.25) is 9.80 Å². The van der Waals surface area contributed by atoms with Crippen LogP contribution >= 0.6 is 0 Å². The number of aliphatic hydroxyl groups is 1. The summed E-state index contributed by atoms with van der Waals surface area (Å²) < 4.78 is 10.9. The van der Waals surface area contributed by atoms with E-state index in [-0.39, 0.29) is 12.7 Å². The van der Waals surface area contributed by atoms with Crippen molar-refractivity contribution in [3.63, 3.8) is 0 Å². The molecule has 17 heavy (non-hydrogen) atoms. The molecule has 5 nitrogen and oxygen atoms in total. The van der Waals surface area contributed by atoms with E-state index in [9.17, 15) is 0 Å². The summed E-state index contributed by atoms with van der Waals surface area (Å²) in [4.78, 5) is 4.86. The van der Waals surface area contributed by atoms with Crippen LogP contribution < -0.4 is 0 Å². The molecule has 0 radical (unpaired) electrons. The summed E-state index contributed by atoms with van der Waals surface area (Å²) in [5, 5.41) is 9.13. The molecule has 2 rings (SSSR count). The van der Waals surface area contributed by atoms with Crippen LogP contribution in [0.2, 0.25) is 0 Å². The second kappa shape index (κ2) is 6.66. The van der Waals surface area contributed by atoms with E-state index in [4.69, 9.17) is 14.6 Å². The van der Waals surface area contributed by atoms with Crippen LogP contribution in [-0.2, 0) is 9.47 Å². The molecule has 2 unspecified atom stereocenters. The minimum absolute atomic E-state index is 0.00381. The molecule has 0 aliphatic carbocycles. The van der Waals surface area contributed by atoms with E-state index in [0.29, 0.717) is 6.04 Å². The van der Waals surface area contributed by atoms with Crippen molar-refractivity contribution in [2.75, 3.05) is 59.2 Å². The molecule has 5 heteroatoms. The SMILES string of the molecule is CC1COC(CO)CN1CCN1CCOCC1. The van der Waals surface area contributed by atoms with Crippen LogP contribution in [0.15, 0.2) is 0 Å². The van der Waals surface area contributed by atoms with E-state index >= 15 is 0 Å². The first kappa shape index (κ1) is 13.2. The fourth-order valence-electron chi connectivity index (χ4n) is 2.39. The number of rotatable bonds is 4. The van der Waals surface area contributed by atoms with E-state index in [2.05, 4.69) is 16.7 Å². The van der Waals surface area contributed by atoms with Crippen molar-refractivity contribution in [3.8, 4) is 0 Å². The molecule has 2 fully saturated rings. The van der Waals surface area contributed by atoms with Crippen LogP contribution in [-0.4, -0.2) is 86.2 Å². The van der Waals surface area contributed by atoms with Crippen LogP contribution in [0, 0.1) is 0 Å². The zero-order chi connectivity index (χ0) is 12.1. The summed E-state index contributed by atoms with van der Waals surface area (Å²) in [6.07, 6.45) is -0.00381. The molecule has 100 valence electrons. The predicted molar refractivity (Wildman–Crippen MR) is 65.1 cm³/mol. The molecular formula is C12H24N2O3. The lowest BCUT2D eigenvalue weighted by Crippen LogP contribution is -2.52. The smallest absolute Gasteiger partial charge is 0.0933 e. The van der Waals surface area contributed by atoms with E-state index in [1.807, 2.05) is 0 Å². The number of nitrogens with zero attached hydrogens (tertiary/aromatic N) is 2. The Hall–Kier alpha value is -0.200. The van der Waals surface area contributed by atoms with Crippen LogP contribution in [0.1, 0.15) is 6.92 Å². The van der Waals surface area contributed by atoms with Gasteiger partial charge in [-0.1, -0.05) is 0 Å². The second-order valence-electron chi connectivity index (χ2n) is 4.94. The number of morpholine rings is 2. The van der Waals surface area contributed by atoms with Gasteiger partial charge >= 0.3 is 0 Å². The Kier molecular flexibility index (Phi) is 5.18. The molecule has 2 heterocycles. The zero-order valence-electron chi connectivity index (χ0n) is 10.7. The van der Waals surface area contributed by atoms with Gasteiger partial charge in [0.25, 0.3) is 0 Å². The van der Waals surface area contributed by atoms with Gasteiger partial charge in [0.05, 0.1) is 32.5 Å². The Morgan fingerprint density at radius 1 is 1.24 bits per heavy atom. The predicted octanol–water partition coefficient (Wildman–Crippen LogP) is -0.600. The maximum absolute atomic E-state index is 9.13. The Labute approximate surface area is 103 Å². The number of ether oxygens (including phenoxy) is 2. The molecule has 2 aliphatic heterocycles. The van der Waals surface area contributed by atoms with Gasteiger partial charge in [-0.05, 0) is 6.92 Å². The molecule has 0 aromatic carbocycles. The molecule has 0 aromatic rings. The first-order chi connectivity index (χ1) is 8.29. The Morgan fingerprint density at radius 3 is 2.71 bits per heavy atom. The average molecular weight is 244 g/mol. The molecule has 0 saturated carbocycles. The summed E-state index contributed by atoms with van der Waals surface area (Å²) in [7, 11) is 0. The highest BCUT2D eigenvalue weighted by Crippen LogP contribution is 2.11. The summed E-state index contributed by atoms with van der Waals surface area (Å²) in [6.45, 7) is 9.84. The topological polar surface area (TPSA) is 45.2 Å². The largest absolute Gasteiger partial charge is 0.394 e. The highest BCUT2D eigenvalue weighted by molar-refractivity contribution is 4.78. The lowest BCUT2D eigenvalue weighted by molar-refractivity contribution is -0.0806. The fraction of sp³-hybridized carbons (Fsp3) is 1.00. The molecule has 2 saturated heterocycles. The lowest BCUT2D eigenvalue weighted by atomic mass is 10.2. The highest BCUT2D eigenvalue weighted by atomic mass is 16.5. The zero-order valence-corrected chi connectivity index (χ0v) is 10.7. The maximum Gasteiger partial charge on any atom is 0.0933 e. The number of hydrogen-bond donors (Lipinski definition) is 1. The molecule has 0 spiro atoms. The van der Waals surface area contributed by atoms with Crippen molar-refractivity contribution in [2.45, 2.75) is 19.1 Å². The Balaban J connectivity index is 1.72. The van der Waals surface area contributed by atoms with Crippen molar-refractivity contribution in [2.24, 2.45) is 0 Å². The summed E-state index contributed by atoms with van der Waals surface area (Å²) >= 11 is 0. The van der Waals surface area contributed by atoms with Gasteiger partial charge in [-0.15, -0.1) is 0 Å². The molecule has 0 aromatic heterocycles. The van der Waals surface area contributed by atoms with Crippen LogP contribution in [0.3, 0.4) is 0 Å². The first-order valence-electron chi connectivity index (χ1n) is 6.56. The monoisotopic (exact) mass is 244 g/mol. The maximum atomic E-state index is 9.13. The van der Waals surface area contributed by atoms with E-state index in [1.54, 1.807) is 0 Å². The van der Waals surface area contributed by atoms with E-state index in [0.717, 1.165) is 52.5 Å². The Bertz CT molecular complexity index is 222. The van der Waals surface area contributed by atoms with E-state index < -0.39 is 0 Å². The van der Waals surface area contributed by atoms with Crippen molar-refractivity contribution >= 4 is 0 Å². The molecule has 0 bridgehead atoms. The molecule has 1 N–H and O–H groups in total. The van der Waals surface area contributed by atoms with Crippen molar-refractivity contribution < 1.29 is 14.6 Å². The van der Waals surface area contributed by atoms with Gasteiger partial charge in [0.15, 0.2) is 0 Å². The minimum atomic E-state index is -0.00381. The third-order valence-corrected chi connectivity index (χ3v) is 3.65. The lowest BCUT2D eigenvalue weighted by Gasteiger charge is -2.38. The highest BCUT2D eigenvalue weighted by Gasteiger charge is 2.25. The van der Waals surface area contributed by atoms with E-state index in [1.165, 1.54) is 0 Å². The third-order valence-electron chi connectivity index (χ3n) is 3.65. The summed E-state index contributed by atoms with van der Waals surface area (Å²) in [5.41, 5.74) is 0. The summed E-state index contributed by atoms with van der Waals surface area (Å²) in [6, 6.07) is 0.457. The Morgan fingerprint density at radius 2 is 2.00 bits per heavy atom. The summed E-state index contributed by atoms with van der Waals surface area (Å²) in [5.74, 6) is 0. The van der Waals surface area contributed by atoms with Gasteiger partial charge in [0.2, 0.25) is 0 Å². The fourth-order valence-corrected chi connectivity index (χ4v) is 2.39. The average Bonchev–Trinajstić information content (AvgIpc) is 2.39. The van der Waals surface area contributed by atoms with Gasteiger partial charge in [-0.25, -0.2) is 0 Å². The van der Waals surface area contributed by atoms with Crippen LogP contribution in [0.25, 0.3) is 0 Å². The minimum Gasteiger partial charge on any atom is -0.394 e. The van der Waals surface area contributed by atoms with Crippen molar-refractivity contribution in [3.05, 3.63) is 0 Å². The standard InChI is InChI=1S/C12H24N2O3/c1-11-10-17-12(9-15)8-14(11)3-2-13-4-6-16-7-5-13/h11-12,15H,2-10H2,1H3.